The van der Waals surface area contributed by atoms with Crippen molar-refractivity contribution in [2.24, 2.45) is 0 Å². The zero-order chi connectivity index (χ0) is 17.6. The Morgan fingerprint density at radius 1 is 1.08 bits per heavy atom. The van der Waals surface area contributed by atoms with E-state index in [1.807, 2.05) is 32.0 Å². The Kier molecular flexibility index (Phi) is 3.90. The molecular formula is C19H14ClN3OS. The van der Waals surface area contributed by atoms with Crippen LogP contribution in [0.25, 0.3) is 21.0 Å². The van der Waals surface area contributed by atoms with Crippen LogP contribution in [0.3, 0.4) is 0 Å². The molecule has 0 aliphatic carbocycles. The SMILES string of the molecule is Cc1ccc(NC(=O)c2cc3c(Cl)nc4ccc(C)cc4c3s2)nc1. The van der Waals surface area contributed by atoms with Crippen molar-refractivity contribution in [3.63, 3.8) is 0 Å². The fraction of sp³-hybridized carbons (Fsp3) is 0.105. The minimum atomic E-state index is -0.200. The molecule has 6 heteroatoms. The van der Waals surface area contributed by atoms with E-state index in [4.69, 9.17) is 11.6 Å². The highest BCUT2D eigenvalue weighted by atomic mass is 35.5. The summed E-state index contributed by atoms with van der Waals surface area (Å²) in [5.41, 5.74) is 3.01. The summed E-state index contributed by atoms with van der Waals surface area (Å²) in [6, 6.07) is 11.5. The number of halogens is 1. The number of pyridine rings is 2. The van der Waals surface area contributed by atoms with Gasteiger partial charge in [-0.3, -0.25) is 4.79 Å². The van der Waals surface area contributed by atoms with E-state index in [-0.39, 0.29) is 5.91 Å². The van der Waals surface area contributed by atoms with E-state index in [1.165, 1.54) is 11.3 Å². The summed E-state index contributed by atoms with van der Waals surface area (Å²) in [6.45, 7) is 3.98. The van der Waals surface area contributed by atoms with Crippen molar-refractivity contribution in [1.82, 2.24) is 9.97 Å². The number of anilines is 1. The van der Waals surface area contributed by atoms with Crippen molar-refractivity contribution in [3.05, 3.63) is 63.8 Å². The highest BCUT2D eigenvalue weighted by Crippen LogP contribution is 2.36. The number of hydrogen-bond donors (Lipinski definition) is 1. The quantitative estimate of drug-likeness (QED) is 0.485. The molecule has 0 atom stereocenters. The standard InChI is InChI=1S/C19H14ClN3OS/c1-10-3-5-14-12(7-10)17-13(18(20)22-14)8-15(25-17)19(24)23-16-6-4-11(2)9-21-16/h3-9H,1-2H3,(H,21,23,24). The summed E-state index contributed by atoms with van der Waals surface area (Å²) in [7, 11) is 0. The lowest BCUT2D eigenvalue weighted by Gasteiger charge is -2.02. The molecule has 1 amide bonds. The van der Waals surface area contributed by atoms with Gasteiger partial charge in [0.2, 0.25) is 0 Å². The lowest BCUT2D eigenvalue weighted by molar-refractivity contribution is 0.103. The number of carbonyl (C=O) groups excluding carboxylic acids is 1. The number of hydrogen-bond acceptors (Lipinski definition) is 4. The van der Waals surface area contributed by atoms with Gasteiger partial charge in [-0.1, -0.05) is 29.3 Å². The Labute approximate surface area is 153 Å². The number of aryl methyl sites for hydroxylation is 2. The van der Waals surface area contributed by atoms with E-state index >= 15 is 0 Å². The maximum atomic E-state index is 12.6. The van der Waals surface area contributed by atoms with Gasteiger partial charge in [0.25, 0.3) is 5.91 Å². The van der Waals surface area contributed by atoms with Crippen molar-refractivity contribution in [2.75, 3.05) is 5.32 Å². The van der Waals surface area contributed by atoms with Crippen LogP contribution in [0.4, 0.5) is 5.82 Å². The number of carbonyl (C=O) groups is 1. The van der Waals surface area contributed by atoms with Gasteiger partial charge in [0.15, 0.2) is 0 Å². The van der Waals surface area contributed by atoms with Crippen molar-refractivity contribution < 1.29 is 4.79 Å². The molecule has 0 bridgehead atoms. The second-order valence-electron chi connectivity index (χ2n) is 5.95. The first kappa shape index (κ1) is 16.0. The van der Waals surface area contributed by atoms with Crippen LogP contribution in [0, 0.1) is 13.8 Å². The molecule has 0 aliphatic rings. The minimum Gasteiger partial charge on any atom is -0.306 e. The average Bonchev–Trinajstić information content (AvgIpc) is 3.04. The molecule has 3 aromatic heterocycles. The predicted molar refractivity (Wildman–Crippen MR) is 104 cm³/mol. The Balaban J connectivity index is 1.79. The Bertz CT molecular complexity index is 1120. The van der Waals surface area contributed by atoms with E-state index in [0.717, 1.165) is 32.1 Å². The summed E-state index contributed by atoms with van der Waals surface area (Å²) in [5.74, 6) is 0.326. The molecule has 0 unspecified atom stereocenters. The first-order chi connectivity index (χ1) is 12.0. The van der Waals surface area contributed by atoms with Crippen LogP contribution in [0.15, 0.2) is 42.6 Å². The zero-order valence-corrected chi connectivity index (χ0v) is 15.2. The second-order valence-corrected chi connectivity index (χ2v) is 7.36. The molecule has 0 saturated heterocycles. The van der Waals surface area contributed by atoms with Gasteiger partial charge in [0.05, 0.1) is 10.4 Å². The maximum Gasteiger partial charge on any atom is 0.266 e. The normalized spacial score (nSPS) is 11.2. The Morgan fingerprint density at radius 3 is 2.64 bits per heavy atom. The average molecular weight is 368 g/mol. The summed E-state index contributed by atoms with van der Waals surface area (Å²) in [6.07, 6.45) is 1.72. The van der Waals surface area contributed by atoms with Gasteiger partial charge in [0, 0.05) is 21.7 Å². The van der Waals surface area contributed by atoms with Gasteiger partial charge in [-0.05, 0) is 43.7 Å². The van der Waals surface area contributed by atoms with Crippen LogP contribution in [0.5, 0.6) is 0 Å². The number of nitrogens with one attached hydrogen (secondary N) is 1. The fourth-order valence-electron chi connectivity index (χ4n) is 2.67. The van der Waals surface area contributed by atoms with Crippen LogP contribution in [0.2, 0.25) is 5.15 Å². The van der Waals surface area contributed by atoms with E-state index in [0.29, 0.717) is 15.8 Å². The number of thiophene rings is 1. The molecule has 25 heavy (non-hydrogen) atoms. The van der Waals surface area contributed by atoms with Crippen LogP contribution < -0.4 is 5.32 Å². The molecule has 3 heterocycles. The summed E-state index contributed by atoms with van der Waals surface area (Å²) in [5, 5.41) is 5.04. The fourth-order valence-corrected chi connectivity index (χ4v) is 4.05. The number of fused-ring (bicyclic) bond motifs is 3. The number of nitrogens with zero attached hydrogens (tertiary/aromatic N) is 2. The first-order valence-corrected chi connectivity index (χ1v) is 8.94. The molecule has 124 valence electrons. The molecule has 0 radical (unpaired) electrons. The third-order valence-electron chi connectivity index (χ3n) is 3.95. The summed E-state index contributed by atoms with van der Waals surface area (Å²) in [4.78, 5) is 21.8. The van der Waals surface area contributed by atoms with Gasteiger partial charge in [-0.25, -0.2) is 9.97 Å². The molecule has 1 aromatic carbocycles. The van der Waals surface area contributed by atoms with Crippen LogP contribution >= 0.6 is 22.9 Å². The Hall–Kier alpha value is -2.50. The van der Waals surface area contributed by atoms with Crippen LogP contribution in [-0.4, -0.2) is 15.9 Å². The van der Waals surface area contributed by atoms with E-state index in [1.54, 1.807) is 18.3 Å². The van der Waals surface area contributed by atoms with Gasteiger partial charge in [-0.15, -0.1) is 11.3 Å². The molecule has 1 N–H and O–H groups in total. The lowest BCUT2D eigenvalue weighted by atomic mass is 10.1. The highest BCUT2D eigenvalue weighted by molar-refractivity contribution is 7.22. The molecule has 0 saturated carbocycles. The second kappa shape index (κ2) is 6.10. The van der Waals surface area contributed by atoms with Crippen molar-refractivity contribution in [2.45, 2.75) is 13.8 Å². The highest BCUT2D eigenvalue weighted by Gasteiger charge is 2.16. The smallest absolute Gasteiger partial charge is 0.266 e. The van der Waals surface area contributed by atoms with Crippen molar-refractivity contribution >= 4 is 55.7 Å². The van der Waals surface area contributed by atoms with Gasteiger partial charge >= 0.3 is 0 Å². The van der Waals surface area contributed by atoms with E-state index in [2.05, 4.69) is 21.4 Å². The molecule has 4 nitrogen and oxygen atoms in total. The summed E-state index contributed by atoms with van der Waals surface area (Å²) < 4.78 is 0.973. The minimum absolute atomic E-state index is 0.200. The molecular weight excluding hydrogens is 354 g/mol. The maximum absolute atomic E-state index is 12.6. The molecule has 4 aromatic rings. The predicted octanol–water partition coefficient (Wildman–Crippen LogP) is 5.37. The van der Waals surface area contributed by atoms with Gasteiger partial charge < -0.3 is 5.32 Å². The van der Waals surface area contributed by atoms with Crippen LogP contribution in [0.1, 0.15) is 20.8 Å². The number of aromatic nitrogens is 2. The Morgan fingerprint density at radius 2 is 1.88 bits per heavy atom. The third kappa shape index (κ3) is 2.97. The molecule has 0 fully saturated rings. The number of amides is 1. The zero-order valence-electron chi connectivity index (χ0n) is 13.6. The van der Waals surface area contributed by atoms with Gasteiger partial charge in [0.1, 0.15) is 11.0 Å². The summed E-state index contributed by atoms with van der Waals surface area (Å²) >= 11 is 7.74. The number of rotatable bonds is 2. The van der Waals surface area contributed by atoms with Crippen molar-refractivity contribution in [1.29, 1.82) is 0 Å². The van der Waals surface area contributed by atoms with Crippen LogP contribution in [-0.2, 0) is 0 Å². The molecule has 4 rings (SSSR count). The first-order valence-electron chi connectivity index (χ1n) is 7.75. The number of benzene rings is 1. The molecule has 0 aliphatic heterocycles. The topological polar surface area (TPSA) is 54.9 Å². The van der Waals surface area contributed by atoms with Gasteiger partial charge in [-0.2, -0.15) is 0 Å². The lowest BCUT2D eigenvalue weighted by Crippen LogP contribution is -2.11. The largest absolute Gasteiger partial charge is 0.306 e. The van der Waals surface area contributed by atoms with E-state index in [9.17, 15) is 4.79 Å². The third-order valence-corrected chi connectivity index (χ3v) is 5.40. The molecule has 0 spiro atoms. The van der Waals surface area contributed by atoms with E-state index < -0.39 is 0 Å². The monoisotopic (exact) mass is 367 g/mol. The van der Waals surface area contributed by atoms with Crippen molar-refractivity contribution in [3.8, 4) is 0 Å².